The van der Waals surface area contributed by atoms with Gasteiger partial charge in [-0.2, -0.15) is 0 Å². The van der Waals surface area contributed by atoms with Crippen LogP contribution in [-0.4, -0.2) is 99.0 Å². The number of hydrogen-bond donors (Lipinski definition) is 4. The SMILES string of the molecule is CC1=C(c2ccc(CNC(=O)[C@@H]3CC(O)CC3C(=O)[C@@H](NC(=O)COCCN3CCC(c4ccc([C@H](C)NC(=O)CC5N=C(c6ccc(C)cc6)C6=C(CC(C)=C6C)n6c(C)nnc65)cc4)CC3)C(C)(C)C)cc2)CC=C1. The van der Waals surface area contributed by atoms with E-state index in [0.29, 0.717) is 31.4 Å². The van der Waals surface area contributed by atoms with Gasteiger partial charge in [0.2, 0.25) is 17.7 Å². The Labute approximate surface area is 454 Å². The van der Waals surface area contributed by atoms with Crippen molar-refractivity contribution < 1.29 is 29.0 Å². The van der Waals surface area contributed by atoms with E-state index in [1.54, 1.807) is 0 Å². The lowest BCUT2D eigenvalue weighted by Gasteiger charge is -2.33. The quantitative estimate of drug-likeness (QED) is 0.0707. The maximum atomic E-state index is 14.2. The second-order valence-electron chi connectivity index (χ2n) is 23.3. The van der Waals surface area contributed by atoms with Gasteiger partial charge >= 0.3 is 0 Å². The summed E-state index contributed by atoms with van der Waals surface area (Å²) in [5, 5.41) is 29.0. The van der Waals surface area contributed by atoms with Gasteiger partial charge in [-0.15, -0.1) is 10.2 Å². The van der Waals surface area contributed by atoms with Crippen LogP contribution in [0.1, 0.15) is 156 Å². The second-order valence-corrected chi connectivity index (χ2v) is 23.3. The molecular weight excluding hydrogens is 965 g/mol. The molecule has 2 aliphatic heterocycles. The number of aliphatic imine (C=N–C) groups is 1. The van der Waals surface area contributed by atoms with Crippen molar-refractivity contribution >= 4 is 40.5 Å². The van der Waals surface area contributed by atoms with Crippen molar-refractivity contribution in [1.29, 1.82) is 0 Å². The van der Waals surface area contributed by atoms with Crippen molar-refractivity contribution in [1.82, 2.24) is 35.6 Å². The van der Waals surface area contributed by atoms with Crippen LogP contribution < -0.4 is 16.0 Å². The molecule has 77 heavy (non-hydrogen) atoms. The molecule has 2 fully saturated rings. The molecule has 1 saturated heterocycles. The Morgan fingerprint density at radius 3 is 2.19 bits per heavy atom. The van der Waals surface area contributed by atoms with E-state index in [9.17, 15) is 24.3 Å². The summed E-state index contributed by atoms with van der Waals surface area (Å²) >= 11 is 0. The van der Waals surface area contributed by atoms with Gasteiger partial charge in [0.15, 0.2) is 11.6 Å². The summed E-state index contributed by atoms with van der Waals surface area (Å²) in [4.78, 5) is 62.7. The zero-order chi connectivity index (χ0) is 54.7. The Morgan fingerprint density at radius 2 is 1.52 bits per heavy atom. The predicted molar refractivity (Wildman–Crippen MR) is 302 cm³/mol. The highest BCUT2D eigenvalue weighted by atomic mass is 16.5. The fourth-order valence-corrected chi connectivity index (χ4v) is 12.0. The number of piperidine rings is 1. The zero-order valence-electron chi connectivity index (χ0n) is 46.5. The van der Waals surface area contributed by atoms with Crippen molar-refractivity contribution in [2.24, 2.45) is 22.2 Å². The minimum atomic E-state index is -0.862. The third-order valence-corrected chi connectivity index (χ3v) is 16.7. The number of aliphatic hydroxyl groups excluding tert-OH is 1. The molecule has 3 amide bonds. The molecule has 5 aliphatic rings. The highest BCUT2D eigenvalue weighted by Crippen LogP contribution is 2.43. The number of nitrogens with one attached hydrogen (secondary N) is 3. The third-order valence-electron chi connectivity index (χ3n) is 16.7. The molecule has 0 bridgehead atoms. The largest absolute Gasteiger partial charge is 0.393 e. The van der Waals surface area contributed by atoms with E-state index in [2.05, 4.69) is 136 Å². The summed E-state index contributed by atoms with van der Waals surface area (Å²) in [7, 11) is 0. The summed E-state index contributed by atoms with van der Waals surface area (Å²) in [6.07, 6.45) is 7.69. The van der Waals surface area contributed by atoms with Crippen molar-refractivity contribution in [3.8, 4) is 0 Å². The van der Waals surface area contributed by atoms with Crippen LogP contribution in [0, 0.1) is 31.1 Å². The summed E-state index contributed by atoms with van der Waals surface area (Å²) in [5.41, 5.74) is 14.2. The molecule has 14 heteroatoms. The molecule has 3 heterocycles. The molecule has 1 saturated carbocycles. The molecule has 4 aromatic rings. The van der Waals surface area contributed by atoms with E-state index < -0.39 is 35.4 Å². The van der Waals surface area contributed by atoms with E-state index in [-0.39, 0.29) is 55.4 Å². The third kappa shape index (κ3) is 12.6. The smallest absolute Gasteiger partial charge is 0.246 e. The van der Waals surface area contributed by atoms with Gasteiger partial charge in [-0.3, -0.25) is 28.7 Å². The number of aromatic nitrogens is 3. The molecule has 9 rings (SSSR count). The van der Waals surface area contributed by atoms with Crippen molar-refractivity contribution in [2.75, 3.05) is 32.8 Å². The lowest BCUT2D eigenvalue weighted by molar-refractivity contribution is -0.138. The number of nitrogens with zero attached hydrogens (tertiary/aromatic N) is 5. The number of benzene rings is 3. The molecule has 1 aromatic heterocycles. The van der Waals surface area contributed by atoms with Crippen molar-refractivity contribution in [2.45, 2.75) is 144 Å². The minimum absolute atomic E-state index is 0.103. The average Bonchev–Trinajstić information content (AvgIpc) is 4.18. The van der Waals surface area contributed by atoms with Gasteiger partial charge in [0, 0.05) is 42.3 Å². The molecule has 6 atom stereocenters. The first-order chi connectivity index (χ1) is 36.8. The number of fused-ring (bicyclic) bond motifs is 2. The van der Waals surface area contributed by atoms with Crippen LogP contribution in [-0.2, 0) is 30.5 Å². The number of aliphatic hydroxyl groups is 1. The number of carbonyl (C=O) groups is 4. The maximum absolute atomic E-state index is 14.2. The first kappa shape index (κ1) is 55.2. The lowest BCUT2D eigenvalue weighted by Crippen LogP contribution is -2.53. The first-order valence-electron chi connectivity index (χ1n) is 27.7. The second kappa shape index (κ2) is 23.6. The Kier molecular flexibility index (Phi) is 16.9. The summed E-state index contributed by atoms with van der Waals surface area (Å²) in [6.45, 7) is 21.2. The Balaban J connectivity index is 0.715. The summed E-state index contributed by atoms with van der Waals surface area (Å²) in [6, 6.07) is 23.6. The fraction of sp³-hybridized carbons (Fsp3) is 0.476. The molecule has 14 nitrogen and oxygen atoms in total. The Morgan fingerprint density at radius 1 is 0.831 bits per heavy atom. The molecule has 3 aromatic carbocycles. The van der Waals surface area contributed by atoms with Gasteiger partial charge in [-0.05, 0) is 137 Å². The van der Waals surface area contributed by atoms with E-state index >= 15 is 0 Å². The normalized spacial score (nSPS) is 21.7. The number of ether oxygens (including phenoxy) is 1. The minimum Gasteiger partial charge on any atom is -0.393 e. The molecule has 0 radical (unpaired) electrons. The number of allylic oxidation sites excluding steroid dienone is 8. The molecular formula is C63H78N8O6. The monoisotopic (exact) mass is 1040 g/mol. The lowest BCUT2D eigenvalue weighted by atomic mass is 9.77. The van der Waals surface area contributed by atoms with Crippen LogP contribution in [0.5, 0.6) is 0 Å². The topological polar surface area (TPSA) is 180 Å². The molecule has 4 N–H and O–H groups in total. The van der Waals surface area contributed by atoms with E-state index in [1.807, 2.05) is 46.8 Å². The first-order valence-corrected chi connectivity index (χ1v) is 27.7. The van der Waals surface area contributed by atoms with Gasteiger partial charge in [-0.25, -0.2) is 0 Å². The Hall–Kier alpha value is -6.61. The number of ketones is 1. The van der Waals surface area contributed by atoms with Crippen molar-refractivity contribution in [3.63, 3.8) is 0 Å². The highest BCUT2D eigenvalue weighted by Gasteiger charge is 2.47. The zero-order valence-corrected chi connectivity index (χ0v) is 46.5. The average molecular weight is 1040 g/mol. The van der Waals surface area contributed by atoms with Crippen LogP contribution in [0.15, 0.2) is 112 Å². The van der Waals surface area contributed by atoms with Crippen LogP contribution in [0.3, 0.4) is 0 Å². The van der Waals surface area contributed by atoms with Crippen molar-refractivity contribution in [3.05, 3.63) is 152 Å². The molecule has 3 unspecified atom stereocenters. The van der Waals surface area contributed by atoms with E-state index in [0.717, 1.165) is 78.3 Å². The van der Waals surface area contributed by atoms with Crippen LogP contribution in [0.4, 0.5) is 0 Å². The highest BCUT2D eigenvalue weighted by molar-refractivity contribution is 6.19. The van der Waals surface area contributed by atoms with Gasteiger partial charge in [0.05, 0.1) is 42.8 Å². The predicted octanol–water partition coefficient (Wildman–Crippen LogP) is 9.39. The molecule has 0 spiro atoms. The van der Waals surface area contributed by atoms with Crippen LogP contribution >= 0.6 is 0 Å². The van der Waals surface area contributed by atoms with E-state index in [1.165, 1.54) is 39.0 Å². The van der Waals surface area contributed by atoms with Gasteiger partial charge in [0.25, 0.3) is 0 Å². The number of likely N-dealkylation sites (tertiary alicyclic amines) is 1. The summed E-state index contributed by atoms with van der Waals surface area (Å²) in [5.74, 6) is -0.539. The van der Waals surface area contributed by atoms with E-state index in [4.69, 9.17) is 9.73 Å². The van der Waals surface area contributed by atoms with Gasteiger partial charge in [-0.1, -0.05) is 117 Å². The van der Waals surface area contributed by atoms with Gasteiger partial charge < -0.3 is 30.7 Å². The number of aryl methyl sites for hydroxylation is 2. The number of hydrogen-bond acceptors (Lipinski definition) is 10. The standard InChI is InChI=1S/C63H78N8O6/c1-37-13-17-48(18-14-37)58-57-40(4)39(3)31-54(57)71-42(6)68-69-61(71)53(66-58)34-55(73)65-41(5)44-21-23-45(24-22-44)46-25-27-70(28-26-46)29-30-77-36-56(74)67-60(63(7,8)9)59(75)51-32-49(72)33-52(51)62(76)64-35-43-15-19-47(20-16-43)50-12-10-11-38(50)2/h10-11,13-24,41,46,49,51-53,60,72H,12,25-36H2,1-9H3,(H,64,76)(H,65,73)(H,67,74)/t41-,49?,51?,52+,53?,60+/m0/s1. The fourth-order valence-electron chi connectivity index (χ4n) is 12.0. The maximum Gasteiger partial charge on any atom is 0.246 e. The number of Topliss-reactive ketones (excluding diaryl/α,β-unsaturated/α-hetero) is 1. The molecule has 406 valence electrons. The molecule has 3 aliphatic carbocycles. The number of rotatable bonds is 18. The van der Waals surface area contributed by atoms with Crippen LogP contribution in [0.25, 0.3) is 11.3 Å². The van der Waals surface area contributed by atoms with Gasteiger partial charge in [0.1, 0.15) is 18.5 Å². The summed E-state index contributed by atoms with van der Waals surface area (Å²) < 4.78 is 8.00. The Bertz CT molecular complexity index is 3020. The number of carbonyl (C=O) groups excluding carboxylic acids is 4. The number of amides is 3. The van der Waals surface area contributed by atoms with Crippen LogP contribution in [0.2, 0.25) is 0 Å².